The molecule has 19 heavy (non-hydrogen) atoms. The molecule has 0 spiro atoms. The van der Waals surface area contributed by atoms with Gasteiger partial charge < -0.3 is 15.4 Å². The molecule has 0 aliphatic heterocycles. The third-order valence-electron chi connectivity index (χ3n) is 2.44. The topological polar surface area (TPSA) is 84.5 Å². The fourth-order valence-electron chi connectivity index (χ4n) is 1.54. The lowest BCUT2D eigenvalue weighted by Crippen LogP contribution is -2.44. The zero-order chi connectivity index (χ0) is 14.7. The number of ether oxygens (including phenoxy) is 1. The number of carbonyl (C=O) groups is 3. The summed E-state index contributed by atoms with van der Waals surface area (Å²) in [5.41, 5.74) is 0. The molecule has 0 aliphatic carbocycles. The largest absolute Gasteiger partial charge is 0.464 e. The fourth-order valence-corrected chi connectivity index (χ4v) is 1.54. The third kappa shape index (κ3) is 9.04. The van der Waals surface area contributed by atoms with Crippen LogP contribution < -0.4 is 10.6 Å². The van der Waals surface area contributed by atoms with Gasteiger partial charge in [0.05, 0.1) is 13.0 Å². The van der Waals surface area contributed by atoms with Gasteiger partial charge in [-0.3, -0.25) is 9.59 Å². The number of unbranched alkanes of at least 4 members (excludes halogenated alkanes) is 2. The van der Waals surface area contributed by atoms with Crippen molar-refractivity contribution in [3.63, 3.8) is 0 Å². The van der Waals surface area contributed by atoms with Crippen LogP contribution in [0.15, 0.2) is 0 Å². The van der Waals surface area contributed by atoms with E-state index < -0.39 is 12.0 Å². The molecule has 0 bridgehead atoms. The van der Waals surface area contributed by atoms with Crippen LogP contribution in [0.5, 0.6) is 0 Å². The van der Waals surface area contributed by atoms with E-state index in [0.717, 1.165) is 19.3 Å². The van der Waals surface area contributed by atoms with Crippen molar-refractivity contribution in [3.05, 3.63) is 0 Å². The number of nitrogens with one attached hydrogen (secondary N) is 2. The van der Waals surface area contributed by atoms with Crippen LogP contribution in [0.3, 0.4) is 0 Å². The summed E-state index contributed by atoms with van der Waals surface area (Å²) in [5, 5.41) is 5.14. The summed E-state index contributed by atoms with van der Waals surface area (Å²) in [4.78, 5) is 34.2. The Morgan fingerprint density at radius 1 is 1.16 bits per heavy atom. The second-order valence-electron chi connectivity index (χ2n) is 4.27. The summed E-state index contributed by atoms with van der Waals surface area (Å²) < 4.78 is 4.82. The van der Waals surface area contributed by atoms with Gasteiger partial charge in [0, 0.05) is 13.5 Å². The van der Waals surface area contributed by atoms with Crippen molar-refractivity contribution in [2.75, 3.05) is 13.2 Å². The molecule has 0 rings (SSSR count). The van der Waals surface area contributed by atoms with E-state index >= 15 is 0 Å². The van der Waals surface area contributed by atoms with Crippen LogP contribution in [0.2, 0.25) is 0 Å². The standard InChI is InChI=1S/C13H24N2O4/c1-4-6-7-8-14-12(17)9-11(15-10(3)16)13(18)19-5-2/h11H,4-9H2,1-3H3,(H,14,17)(H,15,16)/t11-/m1/s1. The number of amides is 2. The lowest BCUT2D eigenvalue weighted by Gasteiger charge is -2.16. The molecule has 2 amide bonds. The van der Waals surface area contributed by atoms with E-state index in [1.54, 1.807) is 6.92 Å². The van der Waals surface area contributed by atoms with E-state index in [-0.39, 0.29) is 24.8 Å². The Labute approximate surface area is 114 Å². The minimum absolute atomic E-state index is 0.0927. The van der Waals surface area contributed by atoms with E-state index in [1.807, 2.05) is 0 Å². The molecule has 6 nitrogen and oxygen atoms in total. The molecule has 0 saturated carbocycles. The summed E-state index contributed by atoms with van der Waals surface area (Å²) in [6, 6.07) is -0.913. The maximum absolute atomic E-state index is 11.6. The second kappa shape index (κ2) is 10.3. The zero-order valence-corrected chi connectivity index (χ0v) is 12.0. The average molecular weight is 272 g/mol. The molecule has 0 fully saturated rings. The van der Waals surface area contributed by atoms with Crippen LogP contribution in [-0.2, 0) is 19.1 Å². The molecule has 1 atom stereocenters. The molecule has 0 aromatic rings. The van der Waals surface area contributed by atoms with Gasteiger partial charge in [0.2, 0.25) is 11.8 Å². The highest BCUT2D eigenvalue weighted by molar-refractivity contribution is 5.88. The quantitative estimate of drug-likeness (QED) is 0.479. The molecule has 0 radical (unpaired) electrons. The number of rotatable bonds is 9. The van der Waals surface area contributed by atoms with E-state index in [4.69, 9.17) is 4.74 Å². The Bertz CT molecular complexity index is 305. The molecule has 0 aromatic heterocycles. The van der Waals surface area contributed by atoms with Crippen LogP contribution in [-0.4, -0.2) is 37.0 Å². The van der Waals surface area contributed by atoms with Gasteiger partial charge in [-0.15, -0.1) is 0 Å². The molecule has 6 heteroatoms. The summed E-state index contributed by atoms with van der Waals surface area (Å²) >= 11 is 0. The van der Waals surface area contributed by atoms with E-state index in [9.17, 15) is 14.4 Å². The van der Waals surface area contributed by atoms with Crippen LogP contribution in [0.1, 0.15) is 46.5 Å². The summed E-state index contributed by atoms with van der Waals surface area (Å²) in [6.45, 7) is 5.85. The van der Waals surface area contributed by atoms with Crippen LogP contribution in [0.4, 0.5) is 0 Å². The van der Waals surface area contributed by atoms with Crippen LogP contribution in [0, 0.1) is 0 Å². The third-order valence-corrected chi connectivity index (χ3v) is 2.44. The molecule has 110 valence electrons. The number of esters is 1. The molecule has 0 saturated heterocycles. The van der Waals surface area contributed by atoms with Crippen molar-refractivity contribution in [3.8, 4) is 0 Å². The molecule has 0 unspecified atom stereocenters. The number of hydrogen-bond acceptors (Lipinski definition) is 4. The Morgan fingerprint density at radius 2 is 1.84 bits per heavy atom. The van der Waals surface area contributed by atoms with Gasteiger partial charge in [-0.2, -0.15) is 0 Å². The SMILES string of the molecule is CCCCCNC(=O)C[C@@H](NC(C)=O)C(=O)OCC. The van der Waals surface area contributed by atoms with Gasteiger partial charge in [0.15, 0.2) is 0 Å². The lowest BCUT2D eigenvalue weighted by molar-refractivity contribution is -0.148. The van der Waals surface area contributed by atoms with Crippen molar-refractivity contribution in [2.45, 2.75) is 52.5 Å². The first-order chi connectivity index (χ1) is 9.01. The molecular weight excluding hydrogens is 248 g/mol. The van der Waals surface area contributed by atoms with Crippen molar-refractivity contribution in [2.24, 2.45) is 0 Å². The second-order valence-corrected chi connectivity index (χ2v) is 4.27. The number of carbonyl (C=O) groups excluding carboxylic acids is 3. The maximum atomic E-state index is 11.6. The predicted octanol–water partition coefficient (Wildman–Crippen LogP) is 0.751. The van der Waals surface area contributed by atoms with E-state index in [2.05, 4.69) is 17.6 Å². The molecule has 0 heterocycles. The summed E-state index contributed by atoms with van der Waals surface area (Å²) in [6.07, 6.45) is 2.94. The Morgan fingerprint density at radius 3 is 2.37 bits per heavy atom. The smallest absolute Gasteiger partial charge is 0.329 e. The van der Waals surface area contributed by atoms with E-state index in [0.29, 0.717) is 6.54 Å². The fraction of sp³-hybridized carbons (Fsp3) is 0.769. The highest BCUT2D eigenvalue weighted by Gasteiger charge is 2.23. The maximum Gasteiger partial charge on any atom is 0.329 e. The highest BCUT2D eigenvalue weighted by Crippen LogP contribution is 1.98. The van der Waals surface area contributed by atoms with Crippen LogP contribution in [0.25, 0.3) is 0 Å². The molecule has 2 N–H and O–H groups in total. The Hall–Kier alpha value is -1.59. The van der Waals surface area contributed by atoms with Gasteiger partial charge in [-0.05, 0) is 13.3 Å². The monoisotopic (exact) mass is 272 g/mol. The van der Waals surface area contributed by atoms with E-state index in [1.165, 1.54) is 6.92 Å². The first-order valence-corrected chi connectivity index (χ1v) is 6.71. The highest BCUT2D eigenvalue weighted by atomic mass is 16.5. The zero-order valence-electron chi connectivity index (χ0n) is 12.0. The van der Waals surface area contributed by atoms with Gasteiger partial charge in [0.1, 0.15) is 6.04 Å². The first-order valence-electron chi connectivity index (χ1n) is 6.71. The first kappa shape index (κ1) is 17.4. The summed E-state index contributed by atoms with van der Waals surface area (Å²) in [7, 11) is 0. The molecular formula is C13H24N2O4. The Balaban J connectivity index is 4.18. The van der Waals surface area contributed by atoms with Crippen molar-refractivity contribution >= 4 is 17.8 Å². The minimum Gasteiger partial charge on any atom is -0.464 e. The normalized spacial score (nSPS) is 11.5. The lowest BCUT2D eigenvalue weighted by atomic mass is 10.2. The van der Waals surface area contributed by atoms with Gasteiger partial charge in [-0.1, -0.05) is 19.8 Å². The Kier molecular flexibility index (Phi) is 9.48. The average Bonchev–Trinajstić information content (AvgIpc) is 2.33. The predicted molar refractivity (Wildman–Crippen MR) is 71.4 cm³/mol. The van der Waals surface area contributed by atoms with Crippen molar-refractivity contribution < 1.29 is 19.1 Å². The molecule has 0 aromatic carbocycles. The van der Waals surface area contributed by atoms with Crippen molar-refractivity contribution in [1.29, 1.82) is 0 Å². The van der Waals surface area contributed by atoms with Crippen molar-refractivity contribution in [1.82, 2.24) is 10.6 Å². The van der Waals surface area contributed by atoms with Gasteiger partial charge in [-0.25, -0.2) is 4.79 Å². The van der Waals surface area contributed by atoms with Crippen LogP contribution >= 0.6 is 0 Å². The minimum atomic E-state index is -0.913. The van der Waals surface area contributed by atoms with Gasteiger partial charge >= 0.3 is 5.97 Å². The van der Waals surface area contributed by atoms with Gasteiger partial charge in [0.25, 0.3) is 0 Å². The number of hydrogen-bond donors (Lipinski definition) is 2. The molecule has 0 aliphatic rings. The summed E-state index contributed by atoms with van der Waals surface area (Å²) in [5.74, 6) is -1.21.